The number of hydrogen-bond acceptors (Lipinski definition) is 5. The molecule has 1 aromatic carbocycles. The minimum absolute atomic E-state index is 0.0247. The molecule has 0 saturated heterocycles. The average Bonchev–Trinajstić information content (AvgIpc) is 3.05. The Labute approximate surface area is 174 Å². The van der Waals surface area contributed by atoms with Crippen molar-refractivity contribution in [2.45, 2.75) is 50.6 Å². The lowest BCUT2D eigenvalue weighted by Crippen LogP contribution is -2.26. The number of nitrogens with zero attached hydrogens (tertiary/aromatic N) is 2. The van der Waals surface area contributed by atoms with E-state index in [2.05, 4.69) is 61.3 Å². The molecule has 4 nitrogen and oxygen atoms in total. The van der Waals surface area contributed by atoms with E-state index in [0.29, 0.717) is 5.92 Å². The number of benzene rings is 1. The molecule has 0 bridgehead atoms. The molecule has 1 N–H and O–H groups in total. The van der Waals surface area contributed by atoms with E-state index < -0.39 is 0 Å². The molecule has 0 amide bonds. The quantitative estimate of drug-likeness (QED) is 0.597. The third-order valence-electron chi connectivity index (χ3n) is 5.83. The number of aryl methyl sites for hydroxylation is 1. The van der Waals surface area contributed by atoms with Gasteiger partial charge in [0.15, 0.2) is 0 Å². The number of H-pyrrole nitrogens is 1. The van der Waals surface area contributed by atoms with Gasteiger partial charge >= 0.3 is 0 Å². The lowest BCUT2D eigenvalue weighted by molar-refractivity contribution is 0.244. The molecule has 0 aliphatic heterocycles. The zero-order valence-electron chi connectivity index (χ0n) is 16.9. The number of aromatic nitrogens is 2. The van der Waals surface area contributed by atoms with Crippen molar-refractivity contribution in [1.82, 2.24) is 14.9 Å². The standard InChI is InChI=1S/C22H27N3OS2/c1-13-5-10-17-18(11-13)28-22-19(17)21(26)23-20(24-22)14(2)25(3)12-15-6-8-16(27-4)9-7-15/h6-9,13-14H,5,10-12H2,1-4H3,(H,23,24,26)/t13-,14-/m0/s1. The van der Waals surface area contributed by atoms with E-state index in [1.54, 1.807) is 23.1 Å². The topological polar surface area (TPSA) is 49.0 Å². The molecule has 6 heteroatoms. The molecule has 2 atom stereocenters. The van der Waals surface area contributed by atoms with Gasteiger partial charge < -0.3 is 4.98 Å². The van der Waals surface area contributed by atoms with Gasteiger partial charge in [-0.1, -0.05) is 19.1 Å². The van der Waals surface area contributed by atoms with Crippen LogP contribution in [0, 0.1) is 5.92 Å². The van der Waals surface area contributed by atoms with Crippen LogP contribution in [0.4, 0.5) is 0 Å². The largest absolute Gasteiger partial charge is 0.309 e. The van der Waals surface area contributed by atoms with Crippen molar-refractivity contribution < 1.29 is 0 Å². The van der Waals surface area contributed by atoms with Crippen molar-refractivity contribution in [2.24, 2.45) is 5.92 Å². The second-order valence-corrected chi connectivity index (χ2v) is 9.89. The van der Waals surface area contributed by atoms with Crippen molar-refractivity contribution >= 4 is 33.3 Å². The van der Waals surface area contributed by atoms with Gasteiger partial charge in [-0.2, -0.15) is 0 Å². The number of thioether (sulfide) groups is 1. The Kier molecular flexibility index (Phi) is 5.63. The van der Waals surface area contributed by atoms with Gasteiger partial charge in [-0.25, -0.2) is 4.98 Å². The fourth-order valence-electron chi connectivity index (χ4n) is 3.93. The summed E-state index contributed by atoms with van der Waals surface area (Å²) in [5.74, 6) is 1.45. The Morgan fingerprint density at radius 2 is 2.11 bits per heavy atom. The highest BCUT2D eigenvalue weighted by molar-refractivity contribution is 7.98. The van der Waals surface area contributed by atoms with Crippen molar-refractivity contribution in [1.29, 1.82) is 0 Å². The van der Waals surface area contributed by atoms with Gasteiger partial charge in [-0.05, 0) is 68.7 Å². The summed E-state index contributed by atoms with van der Waals surface area (Å²) in [4.78, 5) is 26.6. The highest BCUT2D eigenvalue weighted by Crippen LogP contribution is 2.36. The van der Waals surface area contributed by atoms with Gasteiger partial charge in [-0.3, -0.25) is 9.69 Å². The van der Waals surface area contributed by atoms with Crippen LogP contribution < -0.4 is 5.56 Å². The smallest absolute Gasteiger partial charge is 0.259 e. The maximum Gasteiger partial charge on any atom is 0.259 e. The Balaban J connectivity index is 1.59. The number of thiophene rings is 1. The van der Waals surface area contributed by atoms with Crippen molar-refractivity contribution in [3.05, 3.63) is 56.4 Å². The summed E-state index contributed by atoms with van der Waals surface area (Å²) in [5.41, 5.74) is 2.53. The highest BCUT2D eigenvalue weighted by atomic mass is 32.2. The first-order valence-corrected chi connectivity index (χ1v) is 11.9. The maximum atomic E-state index is 12.9. The normalized spacial score (nSPS) is 17.8. The van der Waals surface area contributed by atoms with E-state index in [9.17, 15) is 4.79 Å². The van der Waals surface area contributed by atoms with E-state index in [-0.39, 0.29) is 11.6 Å². The molecule has 1 aliphatic carbocycles. The molecule has 4 rings (SSSR count). The molecule has 2 heterocycles. The van der Waals surface area contributed by atoms with E-state index >= 15 is 0 Å². The Bertz CT molecular complexity index is 1040. The van der Waals surface area contributed by atoms with Crippen molar-refractivity contribution in [3.63, 3.8) is 0 Å². The number of rotatable bonds is 5. The first-order valence-electron chi connectivity index (χ1n) is 9.84. The molecule has 2 aromatic heterocycles. The number of nitrogens with one attached hydrogen (secondary N) is 1. The molecular formula is C22H27N3OS2. The van der Waals surface area contributed by atoms with Crippen LogP contribution >= 0.6 is 23.1 Å². The fraction of sp³-hybridized carbons (Fsp3) is 0.455. The van der Waals surface area contributed by atoms with Crippen molar-refractivity contribution in [3.8, 4) is 0 Å². The molecule has 148 valence electrons. The summed E-state index contributed by atoms with van der Waals surface area (Å²) in [6, 6.07) is 8.69. The van der Waals surface area contributed by atoms with Crippen LogP contribution in [-0.4, -0.2) is 28.2 Å². The maximum absolute atomic E-state index is 12.9. The van der Waals surface area contributed by atoms with Crippen LogP contribution in [-0.2, 0) is 19.4 Å². The predicted molar refractivity (Wildman–Crippen MR) is 120 cm³/mol. The van der Waals surface area contributed by atoms with Gasteiger partial charge in [0.2, 0.25) is 0 Å². The Morgan fingerprint density at radius 3 is 2.82 bits per heavy atom. The van der Waals surface area contributed by atoms with E-state index in [4.69, 9.17) is 4.98 Å². The molecule has 28 heavy (non-hydrogen) atoms. The second-order valence-electron chi connectivity index (χ2n) is 7.92. The molecule has 1 aliphatic rings. The zero-order valence-corrected chi connectivity index (χ0v) is 18.5. The van der Waals surface area contributed by atoms with Crippen LogP contribution in [0.5, 0.6) is 0 Å². The second kappa shape index (κ2) is 8.01. The molecule has 0 spiro atoms. The van der Waals surface area contributed by atoms with Crippen molar-refractivity contribution in [2.75, 3.05) is 13.3 Å². The van der Waals surface area contributed by atoms with Crippen LogP contribution in [0.2, 0.25) is 0 Å². The monoisotopic (exact) mass is 413 g/mol. The number of hydrogen-bond donors (Lipinski definition) is 1. The van der Waals surface area contributed by atoms with E-state index in [0.717, 1.165) is 41.8 Å². The van der Waals surface area contributed by atoms with Gasteiger partial charge in [0.25, 0.3) is 5.56 Å². The van der Waals surface area contributed by atoms with Crippen LogP contribution in [0.15, 0.2) is 34.0 Å². The lowest BCUT2D eigenvalue weighted by atomic mass is 9.89. The minimum Gasteiger partial charge on any atom is -0.309 e. The molecular weight excluding hydrogens is 386 g/mol. The molecule has 0 saturated carbocycles. The van der Waals surface area contributed by atoms with E-state index in [1.807, 2.05) is 0 Å². The minimum atomic E-state index is 0.0247. The third kappa shape index (κ3) is 3.78. The molecule has 0 unspecified atom stereocenters. The summed E-state index contributed by atoms with van der Waals surface area (Å²) in [6.45, 7) is 5.21. The average molecular weight is 414 g/mol. The Morgan fingerprint density at radius 1 is 1.36 bits per heavy atom. The van der Waals surface area contributed by atoms with Gasteiger partial charge in [0.1, 0.15) is 10.7 Å². The summed E-state index contributed by atoms with van der Waals surface area (Å²) in [5, 5.41) is 0.832. The molecule has 0 fully saturated rings. The highest BCUT2D eigenvalue weighted by Gasteiger charge is 2.24. The van der Waals surface area contributed by atoms with Gasteiger partial charge in [-0.15, -0.1) is 23.1 Å². The molecule has 0 radical (unpaired) electrons. The molecule has 3 aromatic rings. The third-order valence-corrected chi connectivity index (χ3v) is 7.72. The number of fused-ring (bicyclic) bond motifs is 3. The lowest BCUT2D eigenvalue weighted by Gasteiger charge is -2.24. The number of aromatic amines is 1. The first-order chi connectivity index (χ1) is 13.5. The Hall–Kier alpha value is -1.63. The van der Waals surface area contributed by atoms with Crippen LogP contribution in [0.25, 0.3) is 10.2 Å². The van der Waals surface area contributed by atoms with E-state index in [1.165, 1.54) is 20.9 Å². The van der Waals surface area contributed by atoms with Gasteiger partial charge in [0.05, 0.1) is 11.4 Å². The zero-order chi connectivity index (χ0) is 19.8. The van der Waals surface area contributed by atoms with Gasteiger partial charge in [0, 0.05) is 16.3 Å². The predicted octanol–water partition coefficient (Wildman–Crippen LogP) is 5.02. The SMILES string of the molecule is CSc1ccc(CN(C)[C@@H](C)c2nc3sc4c(c3c(=O)[nH]2)CC[C@H](C)C4)cc1. The summed E-state index contributed by atoms with van der Waals surface area (Å²) < 4.78 is 0. The summed E-state index contributed by atoms with van der Waals surface area (Å²) in [6.07, 6.45) is 5.33. The summed E-state index contributed by atoms with van der Waals surface area (Å²) in [7, 11) is 2.08. The van der Waals surface area contributed by atoms with Crippen LogP contribution in [0.1, 0.15) is 48.1 Å². The fourth-order valence-corrected chi connectivity index (χ4v) is 5.73. The first kappa shape index (κ1) is 19.7. The van der Waals surface area contributed by atoms with Crippen LogP contribution in [0.3, 0.4) is 0 Å². The summed E-state index contributed by atoms with van der Waals surface area (Å²) >= 11 is 3.47.